The molecule has 2 aromatic rings. The first-order valence-electron chi connectivity index (χ1n) is 9.53. The summed E-state index contributed by atoms with van der Waals surface area (Å²) in [6.45, 7) is 2.43. The second-order valence-corrected chi connectivity index (χ2v) is 7.70. The molecule has 8 heteroatoms. The number of nitrogens with zero attached hydrogens (tertiary/aromatic N) is 2. The van der Waals surface area contributed by atoms with Crippen LogP contribution >= 0.6 is 11.6 Å². The summed E-state index contributed by atoms with van der Waals surface area (Å²) in [5.41, 5.74) is -0.340. The van der Waals surface area contributed by atoms with Gasteiger partial charge in [0.1, 0.15) is 0 Å². The van der Waals surface area contributed by atoms with Gasteiger partial charge in [0.2, 0.25) is 5.95 Å². The zero-order valence-corrected chi connectivity index (χ0v) is 16.4. The van der Waals surface area contributed by atoms with Gasteiger partial charge in [0, 0.05) is 28.5 Å². The fourth-order valence-electron chi connectivity index (χ4n) is 3.54. The highest BCUT2D eigenvalue weighted by Gasteiger charge is 2.37. The Labute approximate surface area is 167 Å². The first-order valence-corrected chi connectivity index (χ1v) is 9.91. The lowest BCUT2D eigenvalue weighted by atomic mass is 9.89. The van der Waals surface area contributed by atoms with Crippen molar-refractivity contribution in [3.63, 3.8) is 0 Å². The third-order valence-corrected chi connectivity index (χ3v) is 5.31. The Morgan fingerprint density at radius 3 is 2.64 bits per heavy atom. The number of aromatic nitrogens is 2. The van der Waals surface area contributed by atoms with E-state index in [1.54, 1.807) is 31.2 Å². The highest BCUT2D eigenvalue weighted by Crippen LogP contribution is 2.34. The van der Waals surface area contributed by atoms with Gasteiger partial charge >= 0.3 is 6.18 Å². The van der Waals surface area contributed by atoms with Crippen molar-refractivity contribution in [1.29, 1.82) is 0 Å². The number of alkyl halides is 3. The Morgan fingerprint density at radius 2 is 1.96 bits per heavy atom. The van der Waals surface area contributed by atoms with E-state index in [2.05, 4.69) is 20.6 Å². The monoisotopic (exact) mass is 412 g/mol. The van der Waals surface area contributed by atoms with E-state index < -0.39 is 17.9 Å². The van der Waals surface area contributed by atoms with Gasteiger partial charge in [-0.2, -0.15) is 13.2 Å². The summed E-state index contributed by atoms with van der Waals surface area (Å²) in [5.74, 6) is 0.410. The highest BCUT2D eigenvalue weighted by atomic mass is 35.5. The van der Waals surface area contributed by atoms with E-state index in [4.69, 9.17) is 11.6 Å². The molecule has 152 valence electrons. The van der Waals surface area contributed by atoms with Crippen LogP contribution in [0.3, 0.4) is 0 Å². The first kappa shape index (κ1) is 20.9. The van der Waals surface area contributed by atoms with Gasteiger partial charge in [0.15, 0.2) is 5.69 Å². The zero-order valence-electron chi connectivity index (χ0n) is 15.7. The van der Waals surface area contributed by atoms with Gasteiger partial charge in [-0.05, 0) is 50.4 Å². The predicted molar refractivity (Wildman–Crippen MR) is 105 cm³/mol. The maximum absolute atomic E-state index is 13.6. The summed E-state index contributed by atoms with van der Waals surface area (Å²) in [6.07, 6.45) is 2.59. The second kappa shape index (κ2) is 9.09. The molecule has 1 unspecified atom stereocenters. The van der Waals surface area contributed by atoms with Crippen molar-refractivity contribution in [1.82, 2.24) is 15.3 Å². The lowest BCUT2D eigenvalue weighted by Crippen LogP contribution is -2.29. The molecule has 28 heavy (non-hydrogen) atoms. The predicted octanol–water partition coefficient (Wildman–Crippen LogP) is 6.12. The standard InChI is InChI=1S/C20H24ClF3N4/c1-13(25-11-14-6-3-2-4-7-14)17-12-26-19(28-18(17)20(22,23)24)27-16-9-5-8-15(21)10-16/h5,8-10,12-14,25H,2-4,6-7,11H2,1H3,(H,26,27,28). The number of nitrogens with one attached hydrogen (secondary N) is 2. The fourth-order valence-corrected chi connectivity index (χ4v) is 3.73. The summed E-state index contributed by atoms with van der Waals surface area (Å²) in [4.78, 5) is 7.84. The third kappa shape index (κ3) is 5.58. The summed E-state index contributed by atoms with van der Waals surface area (Å²) in [7, 11) is 0. The van der Waals surface area contributed by atoms with Crippen molar-refractivity contribution in [3.05, 3.63) is 46.7 Å². The first-order chi connectivity index (χ1) is 13.3. The maximum Gasteiger partial charge on any atom is 0.433 e. The Hall–Kier alpha value is -1.86. The minimum atomic E-state index is -4.57. The quantitative estimate of drug-likeness (QED) is 0.599. The third-order valence-electron chi connectivity index (χ3n) is 5.07. The molecule has 2 N–H and O–H groups in total. The van der Waals surface area contributed by atoms with E-state index in [0.29, 0.717) is 23.2 Å². The van der Waals surface area contributed by atoms with Gasteiger partial charge in [-0.1, -0.05) is 36.9 Å². The van der Waals surface area contributed by atoms with Gasteiger partial charge in [-0.3, -0.25) is 0 Å². The Balaban J connectivity index is 1.76. The van der Waals surface area contributed by atoms with Crippen LogP contribution in [0, 0.1) is 5.92 Å². The molecule has 1 fully saturated rings. The average Bonchev–Trinajstić information content (AvgIpc) is 2.66. The van der Waals surface area contributed by atoms with Crippen molar-refractivity contribution in [2.75, 3.05) is 11.9 Å². The maximum atomic E-state index is 13.6. The number of halogens is 4. The van der Waals surface area contributed by atoms with Crippen LogP contribution in [-0.4, -0.2) is 16.5 Å². The van der Waals surface area contributed by atoms with Gasteiger partial charge in [-0.25, -0.2) is 9.97 Å². The Kier molecular flexibility index (Phi) is 6.78. The molecule has 0 aliphatic heterocycles. The Morgan fingerprint density at radius 1 is 1.21 bits per heavy atom. The van der Waals surface area contributed by atoms with Gasteiger partial charge < -0.3 is 10.6 Å². The molecule has 0 spiro atoms. The molecular formula is C20H24ClF3N4. The van der Waals surface area contributed by atoms with Crippen molar-refractivity contribution in [2.45, 2.75) is 51.2 Å². The lowest BCUT2D eigenvalue weighted by molar-refractivity contribution is -0.142. The van der Waals surface area contributed by atoms with Crippen LogP contribution in [0.5, 0.6) is 0 Å². The van der Waals surface area contributed by atoms with Crippen LogP contribution in [0.25, 0.3) is 0 Å². The van der Waals surface area contributed by atoms with Crippen molar-refractivity contribution in [3.8, 4) is 0 Å². The minimum absolute atomic E-state index is 0.0555. The summed E-state index contributed by atoms with van der Waals surface area (Å²) >= 11 is 5.91. The lowest BCUT2D eigenvalue weighted by Gasteiger charge is -2.25. The normalized spacial score (nSPS) is 16.8. The SMILES string of the molecule is CC(NCC1CCCCC1)c1cnc(Nc2cccc(Cl)c2)nc1C(F)(F)F. The van der Waals surface area contributed by atoms with Gasteiger partial charge in [0.05, 0.1) is 0 Å². The van der Waals surface area contributed by atoms with Crippen LogP contribution in [-0.2, 0) is 6.18 Å². The van der Waals surface area contributed by atoms with Crippen LogP contribution in [0.2, 0.25) is 5.02 Å². The number of rotatable bonds is 6. The van der Waals surface area contributed by atoms with E-state index in [0.717, 1.165) is 12.8 Å². The molecule has 1 aromatic carbocycles. The molecule has 1 heterocycles. The van der Waals surface area contributed by atoms with Crippen LogP contribution < -0.4 is 10.6 Å². The largest absolute Gasteiger partial charge is 0.433 e. The molecule has 3 rings (SSSR count). The fraction of sp³-hybridized carbons (Fsp3) is 0.500. The number of anilines is 2. The smallest absolute Gasteiger partial charge is 0.324 e. The number of benzene rings is 1. The van der Waals surface area contributed by atoms with E-state index >= 15 is 0 Å². The minimum Gasteiger partial charge on any atom is -0.324 e. The zero-order chi connectivity index (χ0) is 20.1. The molecule has 4 nitrogen and oxygen atoms in total. The molecular weight excluding hydrogens is 389 g/mol. The highest BCUT2D eigenvalue weighted by molar-refractivity contribution is 6.30. The molecule has 1 aromatic heterocycles. The average molecular weight is 413 g/mol. The second-order valence-electron chi connectivity index (χ2n) is 7.26. The number of hydrogen-bond donors (Lipinski definition) is 2. The molecule has 0 amide bonds. The van der Waals surface area contributed by atoms with Gasteiger partial charge in [0.25, 0.3) is 0 Å². The van der Waals surface area contributed by atoms with Crippen LogP contribution in [0.15, 0.2) is 30.5 Å². The van der Waals surface area contributed by atoms with E-state index in [9.17, 15) is 13.2 Å². The molecule has 0 saturated heterocycles. The van der Waals surface area contributed by atoms with Crippen LogP contribution in [0.1, 0.15) is 56.3 Å². The van der Waals surface area contributed by atoms with Crippen molar-refractivity contribution >= 4 is 23.2 Å². The molecule has 1 aliphatic rings. The number of hydrogen-bond acceptors (Lipinski definition) is 4. The van der Waals surface area contributed by atoms with Gasteiger partial charge in [-0.15, -0.1) is 0 Å². The Bertz CT molecular complexity index is 791. The summed E-state index contributed by atoms with van der Waals surface area (Å²) < 4.78 is 40.9. The van der Waals surface area contributed by atoms with Crippen molar-refractivity contribution in [2.24, 2.45) is 5.92 Å². The van der Waals surface area contributed by atoms with E-state index in [1.807, 2.05) is 0 Å². The van der Waals surface area contributed by atoms with Crippen molar-refractivity contribution < 1.29 is 13.2 Å². The molecule has 0 bridgehead atoms. The van der Waals surface area contributed by atoms with Crippen LogP contribution in [0.4, 0.5) is 24.8 Å². The molecule has 0 radical (unpaired) electrons. The summed E-state index contributed by atoms with van der Waals surface area (Å²) in [5, 5.41) is 6.49. The van der Waals surface area contributed by atoms with E-state index in [1.165, 1.54) is 25.5 Å². The topological polar surface area (TPSA) is 49.8 Å². The molecule has 1 aliphatic carbocycles. The summed E-state index contributed by atoms with van der Waals surface area (Å²) in [6, 6.07) is 6.17. The van der Waals surface area contributed by atoms with E-state index in [-0.39, 0.29) is 11.5 Å². The molecule has 1 atom stereocenters. The molecule has 1 saturated carbocycles.